The Bertz CT molecular complexity index is 1490. The van der Waals surface area contributed by atoms with Crippen molar-refractivity contribution in [3.05, 3.63) is 88.4 Å². The van der Waals surface area contributed by atoms with Crippen LogP contribution in [0.25, 0.3) is 16.8 Å². The normalized spacial score (nSPS) is 11.3. The Labute approximate surface area is 206 Å². The SMILES string of the molecule is Cc1ccc(COc2cc(F)cc(Oc3ccc(-c4nc(C(C)C)n5ccnc(N)c45)cc3)c2)s1. The van der Waals surface area contributed by atoms with Crippen molar-refractivity contribution < 1.29 is 13.9 Å². The molecule has 0 saturated heterocycles. The van der Waals surface area contributed by atoms with Crippen LogP contribution in [0.5, 0.6) is 17.2 Å². The topological polar surface area (TPSA) is 74.7 Å². The lowest BCUT2D eigenvalue weighted by molar-refractivity contribution is 0.306. The van der Waals surface area contributed by atoms with E-state index in [1.807, 2.05) is 53.9 Å². The highest BCUT2D eigenvalue weighted by atomic mass is 32.1. The van der Waals surface area contributed by atoms with Crippen LogP contribution in [0.15, 0.2) is 67.0 Å². The molecule has 35 heavy (non-hydrogen) atoms. The number of hydrogen-bond donors (Lipinski definition) is 1. The number of anilines is 1. The first-order valence-corrected chi connectivity index (χ1v) is 12.1. The molecule has 0 radical (unpaired) electrons. The van der Waals surface area contributed by atoms with Crippen LogP contribution in [-0.4, -0.2) is 14.4 Å². The third-order valence-corrected chi connectivity index (χ3v) is 6.49. The summed E-state index contributed by atoms with van der Waals surface area (Å²) in [4.78, 5) is 11.4. The van der Waals surface area contributed by atoms with Crippen molar-refractivity contribution >= 4 is 22.7 Å². The number of rotatable bonds is 7. The largest absolute Gasteiger partial charge is 0.488 e. The van der Waals surface area contributed by atoms with Gasteiger partial charge in [-0.25, -0.2) is 14.4 Å². The molecule has 0 aliphatic rings. The zero-order valence-corrected chi connectivity index (χ0v) is 20.5. The van der Waals surface area contributed by atoms with E-state index >= 15 is 0 Å². The molecule has 0 spiro atoms. The summed E-state index contributed by atoms with van der Waals surface area (Å²) in [5, 5.41) is 0. The van der Waals surface area contributed by atoms with Gasteiger partial charge in [-0.1, -0.05) is 13.8 Å². The molecule has 0 aliphatic carbocycles. The molecule has 0 amide bonds. The van der Waals surface area contributed by atoms with E-state index in [4.69, 9.17) is 20.2 Å². The smallest absolute Gasteiger partial charge is 0.150 e. The third-order valence-electron chi connectivity index (χ3n) is 5.51. The molecule has 178 valence electrons. The fourth-order valence-corrected chi connectivity index (χ4v) is 4.71. The number of imidazole rings is 1. The Hall–Kier alpha value is -3.91. The molecule has 0 atom stereocenters. The monoisotopic (exact) mass is 488 g/mol. The van der Waals surface area contributed by atoms with Crippen LogP contribution in [0.1, 0.15) is 35.3 Å². The summed E-state index contributed by atoms with van der Waals surface area (Å²) in [6.07, 6.45) is 3.55. The number of hydrogen-bond acceptors (Lipinski definition) is 6. The van der Waals surface area contributed by atoms with E-state index in [9.17, 15) is 4.39 Å². The molecule has 2 aromatic carbocycles. The van der Waals surface area contributed by atoms with Gasteiger partial charge in [-0.2, -0.15) is 0 Å². The Morgan fingerprint density at radius 3 is 2.51 bits per heavy atom. The molecule has 2 N–H and O–H groups in total. The van der Waals surface area contributed by atoms with E-state index in [2.05, 4.69) is 18.8 Å². The number of ether oxygens (including phenoxy) is 2. The van der Waals surface area contributed by atoms with Crippen LogP contribution in [0.3, 0.4) is 0 Å². The Balaban J connectivity index is 1.37. The van der Waals surface area contributed by atoms with Gasteiger partial charge in [-0.15, -0.1) is 11.3 Å². The summed E-state index contributed by atoms with van der Waals surface area (Å²) in [5.41, 5.74) is 8.61. The average Bonchev–Trinajstić information content (AvgIpc) is 3.42. The minimum Gasteiger partial charge on any atom is -0.488 e. The fraction of sp³-hybridized carbons (Fsp3) is 0.185. The van der Waals surface area contributed by atoms with Crippen molar-refractivity contribution in [2.24, 2.45) is 0 Å². The molecule has 5 rings (SSSR count). The van der Waals surface area contributed by atoms with E-state index in [0.717, 1.165) is 27.5 Å². The first-order valence-electron chi connectivity index (χ1n) is 11.3. The van der Waals surface area contributed by atoms with Gasteiger partial charge in [-0.3, -0.25) is 4.40 Å². The second kappa shape index (κ2) is 9.38. The summed E-state index contributed by atoms with van der Waals surface area (Å²) in [6.45, 7) is 6.60. The molecule has 6 nitrogen and oxygen atoms in total. The lowest BCUT2D eigenvalue weighted by atomic mass is 10.1. The molecule has 3 aromatic heterocycles. The Kier molecular flexibility index (Phi) is 6.13. The van der Waals surface area contributed by atoms with Crippen molar-refractivity contribution in [1.29, 1.82) is 0 Å². The Morgan fingerprint density at radius 2 is 1.80 bits per heavy atom. The predicted octanol–water partition coefficient (Wildman–Crippen LogP) is 6.98. The fourth-order valence-electron chi connectivity index (χ4n) is 3.91. The van der Waals surface area contributed by atoms with Crippen molar-refractivity contribution in [3.8, 4) is 28.5 Å². The number of nitrogen functional groups attached to an aromatic ring is 1. The molecule has 0 unspecified atom stereocenters. The van der Waals surface area contributed by atoms with Gasteiger partial charge >= 0.3 is 0 Å². The van der Waals surface area contributed by atoms with E-state index < -0.39 is 5.82 Å². The summed E-state index contributed by atoms with van der Waals surface area (Å²) in [7, 11) is 0. The van der Waals surface area contributed by atoms with Crippen LogP contribution in [0.2, 0.25) is 0 Å². The second-order valence-corrected chi connectivity index (χ2v) is 9.93. The minimum absolute atomic E-state index is 0.217. The quantitative estimate of drug-likeness (QED) is 0.267. The second-order valence-electron chi connectivity index (χ2n) is 8.55. The maximum Gasteiger partial charge on any atom is 0.150 e. The van der Waals surface area contributed by atoms with E-state index in [-0.39, 0.29) is 5.92 Å². The molecule has 0 bridgehead atoms. The summed E-state index contributed by atoms with van der Waals surface area (Å²) < 4.78 is 27.9. The number of aromatic nitrogens is 3. The standard InChI is InChI=1S/C27H25FN4O2S/c1-16(2)27-31-24(25-26(29)30-10-11-32(25)27)18-5-7-20(8-6-18)34-22-13-19(28)12-21(14-22)33-15-23-9-4-17(3)35-23/h4-14,16H,15H2,1-3H3,(H2,29,30). The third kappa shape index (κ3) is 4.83. The highest BCUT2D eigenvalue weighted by Crippen LogP contribution is 2.33. The number of nitrogens with two attached hydrogens (primary N) is 1. The zero-order valence-electron chi connectivity index (χ0n) is 19.7. The number of fused-ring (bicyclic) bond motifs is 1. The number of nitrogens with zero attached hydrogens (tertiary/aromatic N) is 3. The van der Waals surface area contributed by atoms with Gasteiger partial charge in [0.25, 0.3) is 0 Å². The summed E-state index contributed by atoms with van der Waals surface area (Å²) in [6, 6.07) is 15.9. The van der Waals surface area contributed by atoms with Crippen molar-refractivity contribution in [1.82, 2.24) is 14.4 Å². The highest BCUT2D eigenvalue weighted by molar-refractivity contribution is 7.11. The van der Waals surface area contributed by atoms with E-state index in [0.29, 0.717) is 29.7 Å². The minimum atomic E-state index is -0.426. The van der Waals surface area contributed by atoms with Crippen LogP contribution in [-0.2, 0) is 6.61 Å². The van der Waals surface area contributed by atoms with Crippen molar-refractivity contribution in [2.75, 3.05) is 5.73 Å². The summed E-state index contributed by atoms with van der Waals surface area (Å²) in [5.74, 6) is 2.47. The molecule has 3 heterocycles. The van der Waals surface area contributed by atoms with Crippen molar-refractivity contribution in [2.45, 2.75) is 33.3 Å². The van der Waals surface area contributed by atoms with E-state index in [1.54, 1.807) is 23.6 Å². The van der Waals surface area contributed by atoms with Gasteiger partial charge in [0, 0.05) is 51.8 Å². The lowest BCUT2D eigenvalue weighted by Gasteiger charge is -2.10. The van der Waals surface area contributed by atoms with Crippen LogP contribution >= 0.6 is 11.3 Å². The first-order chi connectivity index (χ1) is 16.9. The van der Waals surface area contributed by atoms with Crippen LogP contribution < -0.4 is 15.2 Å². The molecule has 8 heteroatoms. The predicted molar refractivity (Wildman–Crippen MR) is 137 cm³/mol. The first kappa shape index (κ1) is 22.9. The number of benzene rings is 2. The molecular formula is C27H25FN4O2S. The molecule has 0 saturated carbocycles. The molecular weight excluding hydrogens is 463 g/mol. The van der Waals surface area contributed by atoms with Crippen molar-refractivity contribution in [3.63, 3.8) is 0 Å². The van der Waals surface area contributed by atoms with Crippen LogP contribution in [0.4, 0.5) is 10.2 Å². The summed E-state index contributed by atoms with van der Waals surface area (Å²) >= 11 is 1.65. The van der Waals surface area contributed by atoms with Gasteiger partial charge in [0.15, 0.2) is 0 Å². The maximum absolute atomic E-state index is 14.2. The Morgan fingerprint density at radius 1 is 1.03 bits per heavy atom. The highest BCUT2D eigenvalue weighted by Gasteiger charge is 2.18. The molecule has 5 aromatic rings. The van der Waals surface area contributed by atoms with Crippen LogP contribution in [0, 0.1) is 12.7 Å². The number of halogens is 1. The average molecular weight is 489 g/mol. The number of aryl methyl sites for hydroxylation is 1. The molecule has 0 aliphatic heterocycles. The van der Waals surface area contributed by atoms with Gasteiger partial charge in [0.05, 0.1) is 0 Å². The van der Waals surface area contributed by atoms with Gasteiger partial charge < -0.3 is 15.2 Å². The number of thiophene rings is 1. The zero-order chi connectivity index (χ0) is 24.5. The van der Waals surface area contributed by atoms with Gasteiger partial charge in [0.1, 0.15) is 52.5 Å². The molecule has 0 fully saturated rings. The lowest BCUT2D eigenvalue weighted by Crippen LogP contribution is -1.99. The van der Waals surface area contributed by atoms with Gasteiger partial charge in [-0.05, 0) is 43.3 Å². The van der Waals surface area contributed by atoms with Gasteiger partial charge in [0.2, 0.25) is 0 Å². The maximum atomic E-state index is 14.2. The van der Waals surface area contributed by atoms with E-state index in [1.165, 1.54) is 17.0 Å².